The summed E-state index contributed by atoms with van der Waals surface area (Å²) in [4.78, 5) is 11.9. The number of carbonyl (C=O) groups excluding carboxylic acids is 1. The molecule has 19 heavy (non-hydrogen) atoms. The maximum Gasteiger partial charge on any atom is 0.137 e. The van der Waals surface area contributed by atoms with Gasteiger partial charge in [-0.25, -0.2) is 0 Å². The summed E-state index contributed by atoms with van der Waals surface area (Å²) in [6.07, 6.45) is 4.04. The zero-order valence-electron chi connectivity index (χ0n) is 11.3. The molecule has 4 heteroatoms. The van der Waals surface area contributed by atoms with Crippen molar-refractivity contribution >= 4 is 29.0 Å². The molecule has 0 saturated carbocycles. The second kappa shape index (κ2) is 8.57. The molecule has 1 unspecified atom stereocenters. The Bertz CT molecular complexity index is 421. The third-order valence-corrected chi connectivity index (χ3v) is 4.11. The molecule has 1 atom stereocenters. The summed E-state index contributed by atoms with van der Waals surface area (Å²) in [7, 11) is 0. The summed E-state index contributed by atoms with van der Waals surface area (Å²) < 4.78 is 0. The van der Waals surface area contributed by atoms with Crippen molar-refractivity contribution in [2.75, 3.05) is 6.54 Å². The van der Waals surface area contributed by atoms with Crippen LogP contribution in [0.1, 0.15) is 38.2 Å². The van der Waals surface area contributed by atoms with E-state index in [1.807, 2.05) is 6.07 Å². The van der Waals surface area contributed by atoms with Crippen LogP contribution in [0.15, 0.2) is 18.2 Å². The molecule has 0 aromatic heterocycles. The maximum atomic E-state index is 11.9. The third kappa shape index (κ3) is 5.94. The number of hydrogen-bond donors (Lipinski definition) is 1. The van der Waals surface area contributed by atoms with Gasteiger partial charge in [0.25, 0.3) is 0 Å². The highest BCUT2D eigenvalue weighted by atomic mass is 35.5. The van der Waals surface area contributed by atoms with E-state index in [1.165, 1.54) is 0 Å². The second-order valence-electron chi connectivity index (χ2n) is 4.85. The van der Waals surface area contributed by atoms with Gasteiger partial charge in [0, 0.05) is 12.8 Å². The molecule has 0 aliphatic heterocycles. The molecular weight excluding hydrogens is 281 g/mol. The first-order valence-corrected chi connectivity index (χ1v) is 7.48. The minimum absolute atomic E-state index is 0.244. The number of carbonyl (C=O) groups is 1. The number of rotatable bonds is 8. The van der Waals surface area contributed by atoms with Crippen LogP contribution < -0.4 is 5.73 Å². The van der Waals surface area contributed by atoms with Crippen LogP contribution >= 0.6 is 23.2 Å². The van der Waals surface area contributed by atoms with Gasteiger partial charge in [0.2, 0.25) is 0 Å². The van der Waals surface area contributed by atoms with E-state index in [4.69, 9.17) is 28.9 Å². The first kappa shape index (κ1) is 16.5. The second-order valence-corrected chi connectivity index (χ2v) is 5.67. The predicted octanol–water partition coefficient (Wildman–Crippen LogP) is 4.26. The van der Waals surface area contributed by atoms with Crippen LogP contribution in [0.5, 0.6) is 0 Å². The largest absolute Gasteiger partial charge is 0.330 e. The smallest absolute Gasteiger partial charge is 0.137 e. The molecule has 0 spiro atoms. The molecule has 1 rings (SSSR count). The average molecular weight is 302 g/mol. The van der Waals surface area contributed by atoms with E-state index in [2.05, 4.69) is 6.92 Å². The fourth-order valence-corrected chi connectivity index (χ4v) is 2.44. The van der Waals surface area contributed by atoms with Crippen LogP contribution in [-0.2, 0) is 11.2 Å². The molecule has 0 heterocycles. The highest BCUT2D eigenvalue weighted by Gasteiger charge is 2.10. The Morgan fingerprint density at radius 2 is 2.00 bits per heavy atom. The van der Waals surface area contributed by atoms with Crippen molar-refractivity contribution in [3.05, 3.63) is 33.8 Å². The quantitative estimate of drug-likeness (QED) is 0.779. The van der Waals surface area contributed by atoms with Crippen molar-refractivity contribution in [2.24, 2.45) is 11.7 Å². The molecule has 0 saturated heterocycles. The monoisotopic (exact) mass is 301 g/mol. The predicted molar refractivity (Wildman–Crippen MR) is 81.9 cm³/mol. The Hall–Kier alpha value is -0.570. The normalized spacial score (nSPS) is 12.4. The van der Waals surface area contributed by atoms with Gasteiger partial charge in [-0.05, 0) is 43.0 Å². The van der Waals surface area contributed by atoms with Crippen molar-refractivity contribution in [2.45, 2.75) is 39.0 Å². The highest BCUT2D eigenvalue weighted by Crippen LogP contribution is 2.23. The Labute approximate surface area is 125 Å². The van der Waals surface area contributed by atoms with E-state index in [1.54, 1.807) is 12.1 Å². The van der Waals surface area contributed by atoms with Gasteiger partial charge in [0.1, 0.15) is 5.78 Å². The van der Waals surface area contributed by atoms with Gasteiger partial charge in [-0.2, -0.15) is 0 Å². The molecule has 1 aromatic rings. The van der Waals surface area contributed by atoms with Gasteiger partial charge in [0.05, 0.1) is 10.0 Å². The third-order valence-electron chi connectivity index (χ3n) is 3.37. The summed E-state index contributed by atoms with van der Waals surface area (Å²) in [5.41, 5.74) is 6.48. The molecule has 0 bridgehead atoms. The Morgan fingerprint density at radius 1 is 1.26 bits per heavy atom. The Balaban J connectivity index is 2.44. The molecular formula is C15H21Cl2NO. The van der Waals surface area contributed by atoms with Gasteiger partial charge in [-0.15, -0.1) is 0 Å². The summed E-state index contributed by atoms with van der Waals surface area (Å²) >= 11 is 11.8. The summed E-state index contributed by atoms with van der Waals surface area (Å²) in [6, 6.07) is 5.35. The lowest BCUT2D eigenvalue weighted by Gasteiger charge is -2.12. The lowest BCUT2D eigenvalue weighted by molar-refractivity contribution is -0.118. The molecule has 0 amide bonds. The minimum atomic E-state index is 0.244. The first-order chi connectivity index (χ1) is 9.06. The van der Waals surface area contributed by atoms with Gasteiger partial charge in [-0.3, -0.25) is 4.79 Å². The van der Waals surface area contributed by atoms with Crippen LogP contribution in [-0.4, -0.2) is 12.3 Å². The summed E-state index contributed by atoms with van der Waals surface area (Å²) in [5, 5.41) is 1.02. The molecule has 106 valence electrons. The Morgan fingerprint density at radius 3 is 2.58 bits per heavy atom. The fraction of sp³-hybridized carbons (Fsp3) is 0.533. The number of nitrogens with two attached hydrogens (primary N) is 1. The van der Waals surface area contributed by atoms with Crippen LogP contribution in [0.3, 0.4) is 0 Å². The topological polar surface area (TPSA) is 43.1 Å². The lowest BCUT2D eigenvalue weighted by atomic mass is 9.94. The zero-order valence-corrected chi connectivity index (χ0v) is 12.8. The standard InChI is InChI=1S/C15H21Cl2NO/c1-2-11(7-8-18)3-5-13(19)9-12-4-6-14(16)15(17)10-12/h4,6,10-11H,2-3,5,7-9,18H2,1H3. The molecule has 0 aliphatic rings. The van der Waals surface area contributed by atoms with Crippen molar-refractivity contribution < 1.29 is 4.79 Å². The van der Waals surface area contributed by atoms with Gasteiger partial charge in [0.15, 0.2) is 0 Å². The molecule has 1 aromatic carbocycles. The van der Waals surface area contributed by atoms with Crippen molar-refractivity contribution in [3.63, 3.8) is 0 Å². The van der Waals surface area contributed by atoms with Crippen LogP contribution in [0.25, 0.3) is 0 Å². The van der Waals surface area contributed by atoms with Crippen LogP contribution in [0.4, 0.5) is 0 Å². The first-order valence-electron chi connectivity index (χ1n) is 6.72. The molecule has 0 radical (unpaired) electrons. The molecule has 2 nitrogen and oxygen atoms in total. The van der Waals surface area contributed by atoms with E-state index in [0.717, 1.165) is 24.8 Å². The SMILES string of the molecule is CCC(CCN)CCC(=O)Cc1ccc(Cl)c(Cl)c1. The summed E-state index contributed by atoms with van der Waals surface area (Å²) in [5.74, 6) is 0.802. The van der Waals surface area contributed by atoms with E-state index >= 15 is 0 Å². The summed E-state index contributed by atoms with van der Waals surface area (Å²) in [6.45, 7) is 2.84. The van der Waals surface area contributed by atoms with E-state index in [-0.39, 0.29) is 5.78 Å². The molecule has 0 fully saturated rings. The van der Waals surface area contributed by atoms with E-state index in [9.17, 15) is 4.79 Å². The molecule has 0 aliphatic carbocycles. The van der Waals surface area contributed by atoms with Crippen molar-refractivity contribution in [3.8, 4) is 0 Å². The number of ketones is 1. The average Bonchev–Trinajstić information content (AvgIpc) is 2.39. The van der Waals surface area contributed by atoms with Gasteiger partial charge >= 0.3 is 0 Å². The Kier molecular flexibility index (Phi) is 7.44. The number of halogens is 2. The number of hydrogen-bond acceptors (Lipinski definition) is 2. The van der Waals surface area contributed by atoms with Crippen LogP contribution in [0.2, 0.25) is 10.0 Å². The lowest BCUT2D eigenvalue weighted by Crippen LogP contribution is -2.11. The zero-order chi connectivity index (χ0) is 14.3. The van der Waals surface area contributed by atoms with Gasteiger partial charge in [-0.1, -0.05) is 42.6 Å². The highest BCUT2D eigenvalue weighted by molar-refractivity contribution is 6.42. The molecule has 2 N–H and O–H groups in total. The number of Topliss-reactive ketones (excluding diaryl/α,β-unsaturated/α-hetero) is 1. The van der Waals surface area contributed by atoms with Crippen molar-refractivity contribution in [1.82, 2.24) is 0 Å². The van der Waals surface area contributed by atoms with E-state index in [0.29, 0.717) is 35.3 Å². The number of benzene rings is 1. The van der Waals surface area contributed by atoms with Gasteiger partial charge < -0.3 is 5.73 Å². The minimum Gasteiger partial charge on any atom is -0.330 e. The van der Waals surface area contributed by atoms with Crippen LogP contribution in [0, 0.1) is 5.92 Å². The van der Waals surface area contributed by atoms with E-state index < -0.39 is 0 Å². The maximum absolute atomic E-state index is 11.9. The van der Waals surface area contributed by atoms with Crippen molar-refractivity contribution in [1.29, 1.82) is 0 Å². The fourth-order valence-electron chi connectivity index (χ4n) is 2.12.